The minimum absolute atomic E-state index is 0.405. The van der Waals surface area contributed by atoms with Crippen LogP contribution in [0.1, 0.15) is 34.1 Å². The molecule has 0 saturated heterocycles. The van der Waals surface area contributed by atoms with E-state index in [0.717, 1.165) is 6.42 Å². The molecule has 0 aliphatic carbocycles. The van der Waals surface area contributed by atoms with Gasteiger partial charge in [0.05, 0.1) is 0 Å². The van der Waals surface area contributed by atoms with E-state index in [4.69, 9.17) is 0 Å². The van der Waals surface area contributed by atoms with Crippen molar-refractivity contribution < 1.29 is 0 Å². The molecule has 0 aliphatic rings. The van der Waals surface area contributed by atoms with Crippen molar-refractivity contribution in [1.29, 1.82) is 0 Å². The molecule has 0 aromatic carbocycles. The van der Waals surface area contributed by atoms with Crippen molar-refractivity contribution in [3.8, 4) is 0 Å². The lowest BCUT2D eigenvalue weighted by Gasteiger charge is -2.17. The molecule has 0 aromatic rings. The Morgan fingerprint density at radius 2 is 2.00 bits per heavy atom. The lowest BCUT2D eigenvalue weighted by molar-refractivity contribution is 0.410. The highest BCUT2D eigenvalue weighted by Gasteiger charge is 2.09. The van der Waals surface area contributed by atoms with Gasteiger partial charge in [-0.3, -0.25) is 0 Å². The van der Waals surface area contributed by atoms with Crippen LogP contribution < -0.4 is 0 Å². The van der Waals surface area contributed by atoms with Gasteiger partial charge >= 0.3 is 0 Å². The summed E-state index contributed by atoms with van der Waals surface area (Å²) in [5.74, 6) is 0. The molecule has 0 amide bonds. The van der Waals surface area contributed by atoms with Crippen LogP contribution in [-0.4, -0.2) is 0 Å². The van der Waals surface area contributed by atoms with Gasteiger partial charge in [0.25, 0.3) is 0 Å². The Bertz CT molecular complexity index is 149. The maximum Gasteiger partial charge on any atom is -0.0259 e. The number of hydrogen-bond donors (Lipinski definition) is 0. The van der Waals surface area contributed by atoms with Crippen LogP contribution in [0.3, 0.4) is 0 Å². The minimum atomic E-state index is 0.405. The molecule has 0 bridgehead atoms. The fourth-order valence-electron chi connectivity index (χ4n) is 1.04. The van der Waals surface area contributed by atoms with Crippen molar-refractivity contribution >= 4 is 11.8 Å². The predicted molar refractivity (Wildman–Crippen MR) is 55.6 cm³/mol. The Labute approximate surface area is 74.8 Å². The van der Waals surface area contributed by atoms with Crippen molar-refractivity contribution in [2.24, 2.45) is 5.41 Å². The van der Waals surface area contributed by atoms with Gasteiger partial charge in [0.2, 0.25) is 0 Å². The van der Waals surface area contributed by atoms with E-state index in [2.05, 4.69) is 39.7 Å². The van der Waals surface area contributed by atoms with Crippen molar-refractivity contribution in [1.82, 2.24) is 0 Å². The molecule has 0 nitrogen and oxygen atoms in total. The average molecular weight is 170 g/mol. The average Bonchev–Trinajstić information content (AvgIpc) is 1.79. The Kier molecular flexibility index (Phi) is 4.58. The summed E-state index contributed by atoms with van der Waals surface area (Å²) < 4.78 is 0. The maximum absolute atomic E-state index is 3.65. The van der Waals surface area contributed by atoms with E-state index in [1.807, 2.05) is 5.41 Å². The van der Waals surface area contributed by atoms with E-state index >= 15 is 0 Å². The summed E-state index contributed by atoms with van der Waals surface area (Å²) in [5.41, 5.74) is 1.84. The zero-order valence-corrected chi connectivity index (χ0v) is 8.79. The van der Waals surface area contributed by atoms with Gasteiger partial charge in [-0.1, -0.05) is 32.9 Å². The van der Waals surface area contributed by atoms with Gasteiger partial charge in [0.1, 0.15) is 0 Å². The highest BCUT2D eigenvalue weighted by Crippen LogP contribution is 2.25. The van der Waals surface area contributed by atoms with Crippen molar-refractivity contribution in [3.05, 3.63) is 23.0 Å². The number of hydrogen-bond acceptors (Lipinski definition) is 1. The van der Waals surface area contributed by atoms with Crippen LogP contribution in [0.25, 0.3) is 0 Å². The van der Waals surface area contributed by atoms with Crippen LogP contribution in [0.15, 0.2) is 23.0 Å². The van der Waals surface area contributed by atoms with E-state index in [-0.39, 0.29) is 0 Å². The fourth-order valence-corrected chi connectivity index (χ4v) is 1.45. The summed E-state index contributed by atoms with van der Waals surface area (Å²) in [7, 11) is 0. The molecule has 64 valence electrons. The summed E-state index contributed by atoms with van der Waals surface area (Å²) >= 11 is 1.66. The van der Waals surface area contributed by atoms with E-state index in [1.54, 1.807) is 11.8 Å². The monoisotopic (exact) mass is 170 g/mol. The maximum atomic E-state index is 3.65. The summed E-state index contributed by atoms with van der Waals surface area (Å²) in [5, 5.41) is 4.02. The quantitative estimate of drug-likeness (QED) is 0.611. The predicted octanol–water partition coefficient (Wildman–Crippen LogP) is 4.20. The molecule has 11 heavy (non-hydrogen) atoms. The minimum Gasteiger partial charge on any atom is -0.107 e. The third kappa shape index (κ3) is 7.73. The van der Waals surface area contributed by atoms with E-state index in [9.17, 15) is 0 Å². The number of allylic oxidation sites excluding steroid dienone is 1. The normalized spacial score (nSPS) is 13.3. The van der Waals surface area contributed by atoms with Crippen LogP contribution in [-0.2, 0) is 0 Å². The standard InChI is InChI=1S/C10H18S/c1-6-11-8-9(2)7-10(3,4)5/h6,8H,1,7H2,2-5H3/b9-8+. The molecule has 0 aliphatic heterocycles. The molecule has 0 atom stereocenters. The first-order valence-corrected chi connectivity index (χ1v) is 4.82. The highest BCUT2D eigenvalue weighted by atomic mass is 32.2. The largest absolute Gasteiger partial charge is 0.107 e. The SMILES string of the molecule is C=CS/C=C(\C)CC(C)(C)C. The first kappa shape index (κ1) is 10.8. The second-order valence-electron chi connectivity index (χ2n) is 4.00. The second-order valence-corrected chi connectivity index (χ2v) is 4.85. The second kappa shape index (κ2) is 4.66. The molecular weight excluding hydrogens is 152 g/mol. The summed E-state index contributed by atoms with van der Waals surface area (Å²) in [6, 6.07) is 0. The summed E-state index contributed by atoms with van der Waals surface area (Å²) in [6.07, 6.45) is 1.16. The third-order valence-corrected chi connectivity index (χ3v) is 1.91. The van der Waals surface area contributed by atoms with Crippen molar-refractivity contribution in [2.75, 3.05) is 0 Å². The van der Waals surface area contributed by atoms with Gasteiger partial charge in [-0.15, -0.1) is 11.8 Å². The van der Waals surface area contributed by atoms with Crippen LogP contribution in [0.2, 0.25) is 0 Å². The molecule has 0 unspecified atom stereocenters. The van der Waals surface area contributed by atoms with Gasteiger partial charge in [-0.25, -0.2) is 0 Å². The molecule has 0 fully saturated rings. The molecular formula is C10H18S. The topological polar surface area (TPSA) is 0 Å². The fraction of sp³-hybridized carbons (Fsp3) is 0.600. The molecule has 0 N–H and O–H groups in total. The van der Waals surface area contributed by atoms with Crippen LogP contribution >= 0.6 is 11.8 Å². The Morgan fingerprint density at radius 1 is 1.45 bits per heavy atom. The Balaban J connectivity index is 3.85. The van der Waals surface area contributed by atoms with Gasteiger partial charge in [0.15, 0.2) is 0 Å². The number of thioether (sulfide) groups is 1. The van der Waals surface area contributed by atoms with Crippen molar-refractivity contribution in [2.45, 2.75) is 34.1 Å². The first-order chi connectivity index (χ1) is 4.95. The molecule has 1 heteroatoms. The Morgan fingerprint density at radius 3 is 2.36 bits per heavy atom. The Hall–Kier alpha value is -0.170. The molecule has 0 aromatic heterocycles. The van der Waals surface area contributed by atoms with E-state index < -0.39 is 0 Å². The molecule has 0 spiro atoms. The molecule has 0 heterocycles. The van der Waals surface area contributed by atoms with Gasteiger partial charge in [-0.2, -0.15) is 0 Å². The van der Waals surface area contributed by atoms with Crippen LogP contribution in [0.5, 0.6) is 0 Å². The smallest absolute Gasteiger partial charge is 0.0259 e. The van der Waals surface area contributed by atoms with Gasteiger partial charge in [0, 0.05) is 0 Å². The third-order valence-electron chi connectivity index (χ3n) is 1.17. The van der Waals surface area contributed by atoms with Crippen LogP contribution in [0, 0.1) is 5.41 Å². The van der Waals surface area contributed by atoms with Crippen molar-refractivity contribution in [3.63, 3.8) is 0 Å². The van der Waals surface area contributed by atoms with Gasteiger partial charge < -0.3 is 0 Å². The zero-order chi connectivity index (χ0) is 8.91. The summed E-state index contributed by atoms with van der Waals surface area (Å²) in [6.45, 7) is 12.6. The number of rotatable bonds is 3. The summed E-state index contributed by atoms with van der Waals surface area (Å²) in [4.78, 5) is 0. The molecule has 0 saturated carbocycles. The van der Waals surface area contributed by atoms with E-state index in [1.165, 1.54) is 5.57 Å². The first-order valence-electron chi connectivity index (χ1n) is 3.88. The lowest BCUT2D eigenvalue weighted by Crippen LogP contribution is -2.04. The van der Waals surface area contributed by atoms with Gasteiger partial charge in [-0.05, 0) is 29.6 Å². The molecule has 0 rings (SSSR count). The van der Waals surface area contributed by atoms with E-state index in [0.29, 0.717) is 5.41 Å². The van der Waals surface area contributed by atoms with Crippen LogP contribution in [0.4, 0.5) is 0 Å². The highest BCUT2D eigenvalue weighted by molar-refractivity contribution is 8.04. The zero-order valence-electron chi connectivity index (χ0n) is 7.98. The molecule has 0 radical (unpaired) electrons. The lowest BCUT2D eigenvalue weighted by atomic mass is 9.89.